The van der Waals surface area contributed by atoms with Gasteiger partial charge in [-0.3, -0.25) is 0 Å². The summed E-state index contributed by atoms with van der Waals surface area (Å²) >= 11 is 3.60. The van der Waals surface area contributed by atoms with E-state index in [2.05, 4.69) is 45.1 Å². The molecule has 0 amide bonds. The van der Waals surface area contributed by atoms with Crippen LogP contribution < -0.4 is 10.6 Å². The van der Waals surface area contributed by atoms with E-state index in [9.17, 15) is 0 Å². The molecule has 0 saturated carbocycles. The number of hydrogen-bond donors (Lipinski definition) is 1. The number of nitrogens with zero attached hydrogens (tertiary/aromatic N) is 1. The smallest absolute Gasteiger partial charge is 0.0636 e. The average molecular weight is 303 g/mol. The summed E-state index contributed by atoms with van der Waals surface area (Å²) in [4.78, 5) is 2.37. The van der Waals surface area contributed by atoms with Crippen LogP contribution in [0.3, 0.4) is 0 Å². The molecule has 3 heteroatoms. The minimum Gasteiger partial charge on any atom is -0.397 e. The Labute approximate surface area is 116 Å². The number of fused-ring (bicyclic) bond motifs is 1. The van der Waals surface area contributed by atoms with Gasteiger partial charge in [-0.25, -0.2) is 0 Å². The van der Waals surface area contributed by atoms with Gasteiger partial charge in [-0.15, -0.1) is 0 Å². The van der Waals surface area contributed by atoms with Gasteiger partial charge in [0.2, 0.25) is 0 Å². The fraction of sp³-hybridized carbons (Fsp3) is 0.200. The van der Waals surface area contributed by atoms with Crippen LogP contribution in [0.2, 0.25) is 0 Å². The van der Waals surface area contributed by atoms with Crippen LogP contribution in [0, 0.1) is 0 Å². The fourth-order valence-corrected chi connectivity index (χ4v) is 2.97. The molecular formula is C15H15BrN2. The topological polar surface area (TPSA) is 29.3 Å². The zero-order chi connectivity index (χ0) is 12.5. The number of anilines is 2. The maximum Gasteiger partial charge on any atom is 0.0636 e. The SMILES string of the molecule is Nc1cccc2c1N(Cc1ccccc1Br)CC2. The molecule has 0 fully saturated rings. The molecule has 3 rings (SSSR count). The third kappa shape index (κ3) is 1.99. The molecule has 18 heavy (non-hydrogen) atoms. The van der Waals surface area contributed by atoms with Gasteiger partial charge in [0.15, 0.2) is 0 Å². The van der Waals surface area contributed by atoms with Crippen LogP contribution in [0.25, 0.3) is 0 Å². The Hall–Kier alpha value is -1.48. The van der Waals surface area contributed by atoms with Crippen LogP contribution in [-0.2, 0) is 13.0 Å². The zero-order valence-electron chi connectivity index (χ0n) is 10.1. The first-order valence-electron chi connectivity index (χ1n) is 6.11. The van der Waals surface area contributed by atoms with Gasteiger partial charge in [-0.2, -0.15) is 0 Å². The molecule has 0 aromatic heterocycles. The summed E-state index contributed by atoms with van der Waals surface area (Å²) in [5.41, 5.74) is 10.9. The van der Waals surface area contributed by atoms with Crippen LogP contribution in [0.1, 0.15) is 11.1 Å². The highest BCUT2D eigenvalue weighted by Gasteiger charge is 2.21. The predicted molar refractivity (Wildman–Crippen MR) is 79.8 cm³/mol. The maximum absolute atomic E-state index is 6.10. The van der Waals surface area contributed by atoms with Gasteiger partial charge < -0.3 is 10.6 Å². The number of para-hydroxylation sites is 1. The number of benzene rings is 2. The van der Waals surface area contributed by atoms with Crippen molar-refractivity contribution in [3.05, 3.63) is 58.1 Å². The van der Waals surface area contributed by atoms with Crippen LogP contribution in [-0.4, -0.2) is 6.54 Å². The number of rotatable bonds is 2. The molecule has 2 aromatic carbocycles. The Morgan fingerprint density at radius 1 is 1.11 bits per heavy atom. The molecule has 92 valence electrons. The summed E-state index contributed by atoms with van der Waals surface area (Å²) in [6.07, 6.45) is 1.09. The molecule has 0 radical (unpaired) electrons. The van der Waals surface area contributed by atoms with Crippen molar-refractivity contribution in [2.75, 3.05) is 17.2 Å². The molecule has 0 bridgehead atoms. The first kappa shape index (κ1) is 11.6. The van der Waals surface area contributed by atoms with Crippen LogP contribution in [0.4, 0.5) is 11.4 Å². The second-order valence-corrected chi connectivity index (χ2v) is 5.47. The largest absolute Gasteiger partial charge is 0.397 e. The van der Waals surface area contributed by atoms with Crippen LogP contribution >= 0.6 is 15.9 Å². The quantitative estimate of drug-likeness (QED) is 0.859. The van der Waals surface area contributed by atoms with Crippen molar-refractivity contribution in [1.82, 2.24) is 0 Å². The first-order chi connectivity index (χ1) is 8.75. The Morgan fingerprint density at radius 3 is 2.78 bits per heavy atom. The number of halogens is 1. The fourth-order valence-electron chi connectivity index (χ4n) is 2.56. The summed E-state index contributed by atoms with van der Waals surface area (Å²) in [6, 6.07) is 14.5. The Bertz CT molecular complexity index is 580. The number of nitrogens with two attached hydrogens (primary N) is 1. The predicted octanol–water partition coefficient (Wildman–Crippen LogP) is 3.59. The van der Waals surface area contributed by atoms with E-state index in [4.69, 9.17) is 5.73 Å². The van der Waals surface area contributed by atoms with E-state index in [0.717, 1.165) is 29.7 Å². The molecule has 2 nitrogen and oxygen atoms in total. The minimum atomic E-state index is 0.886. The lowest BCUT2D eigenvalue weighted by atomic mass is 10.1. The zero-order valence-corrected chi connectivity index (χ0v) is 11.7. The van der Waals surface area contributed by atoms with Crippen molar-refractivity contribution in [2.24, 2.45) is 0 Å². The van der Waals surface area contributed by atoms with Crippen molar-refractivity contribution < 1.29 is 0 Å². The van der Waals surface area contributed by atoms with Crippen molar-refractivity contribution in [1.29, 1.82) is 0 Å². The Morgan fingerprint density at radius 2 is 1.94 bits per heavy atom. The second kappa shape index (κ2) is 4.65. The number of nitrogen functional groups attached to an aromatic ring is 1. The van der Waals surface area contributed by atoms with E-state index in [1.54, 1.807) is 0 Å². The first-order valence-corrected chi connectivity index (χ1v) is 6.91. The normalized spacial score (nSPS) is 13.7. The monoisotopic (exact) mass is 302 g/mol. The van der Waals surface area contributed by atoms with E-state index in [1.807, 2.05) is 18.2 Å². The van der Waals surface area contributed by atoms with Crippen molar-refractivity contribution >= 4 is 27.3 Å². The van der Waals surface area contributed by atoms with Gasteiger partial charge in [0.25, 0.3) is 0 Å². The lowest BCUT2D eigenvalue weighted by Gasteiger charge is -2.21. The maximum atomic E-state index is 6.10. The molecule has 1 heterocycles. The minimum absolute atomic E-state index is 0.886. The van der Waals surface area contributed by atoms with E-state index >= 15 is 0 Å². The van der Waals surface area contributed by atoms with Crippen molar-refractivity contribution in [2.45, 2.75) is 13.0 Å². The molecule has 2 aromatic rings. The van der Waals surface area contributed by atoms with E-state index in [0.29, 0.717) is 0 Å². The van der Waals surface area contributed by atoms with Crippen LogP contribution in [0.5, 0.6) is 0 Å². The molecule has 0 spiro atoms. The molecule has 1 aliphatic heterocycles. The summed E-state index contributed by atoms with van der Waals surface area (Å²) < 4.78 is 1.16. The lowest BCUT2D eigenvalue weighted by Crippen LogP contribution is -2.20. The van der Waals surface area contributed by atoms with E-state index < -0.39 is 0 Å². The molecule has 0 aliphatic carbocycles. The third-order valence-electron chi connectivity index (χ3n) is 3.44. The van der Waals surface area contributed by atoms with Crippen LogP contribution in [0.15, 0.2) is 46.9 Å². The molecule has 1 aliphatic rings. The van der Waals surface area contributed by atoms with E-state index in [-0.39, 0.29) is 0 Å². The summed E-state index contributed by atoms with van der Waals surface area (Å²) in [5.74, 6) is 0. The molecule has 0 unspecified atom stereocenters. The lowest BCUT2D eigenvalue weighted by molar-refractivity contribution is 0.834. The Kier molecular flexibility index (Phi) is 3.00. The van der Waals surface area contributed by atoms with Gasteiger partial charge >= 0.3 is 0 Å². The standard InChI is InChI=1S/C15H15BrN2/c16-13-6-2-1-4-12(13)10-18-9-8-11-5-3-7-14(17)15(11)18/h1-7H,8-10,17H2. The van der Waals surface area contributed by atoms with Gasteiger partial charge in [0.05, 0.1) is 11.4 Å². The van der Waals surface area contributed by atoms with E-state index in [1.165, 1.54) is 16.8 Å². The molecule has 2 N–H and O–H groups in total. The van der Waals surface area contributed by atoms with Crippen molar-refractivity contribution in [3.8, 4) is 0 Å². The summed E-state index contributed by atoms with van der Waals surface area (Å²) in [6.45, 7) is 1.95. The second-order valence-electron chi connectivity index (χ2n) is 4.62. The highest BCUT2D eigenvalue weighted by atomic mass is 79.9. The van der Waals surface area contributed by atoms with Gasteiger partial charge in [0.1, 0.15) is 0 Å². The third-order valence-corrected chi connectivity index (χ3v) is 4.21. The van der Waals surface area contributed by atoms with Gasteiger partial charge in [-0.05, 0) is 29.7 Å². The Balaban J connectivity index is 1.92. The highest BCUT2D eigenvalue weighted by molar-refractivity contribution is 9.10. The summed E-state index contributed by atoms with van der Waals surface area (Å²) in [7, 11) is 0. The summed E-state index contributed by atoms with van der Waals surface area (Å²) in [5, 5.41) is 0. The number of hydrogen-bond acceptors (Lipinski definition) is 2. The molecule has 0 atom stereocenters. The highest BCUT2D eigenvalue weighted by Crippen LogP contribution is 2.35. The molecular weight excluding hydrogens is 288 g/mol. The van der Waals surface area contributed by atoms with Crippen molar-refractivity contribution in [3.63, 3.8) is 0 Å². The van der Waals surface area contributed by atoms with Gasteiger partial charge in [-0.1, -0.05) is 46.3 Å². The molecule has 0 saturated heterocycles. The average Bonchev–Trinajstić information content (AvgIpc) is 2.77. The van der Waals surface area contributed by atoms with Gasteiger partial charge in [0, 0.05) is 17.6 Å².